The molecule has 0 saturated carbocycles. The Morgan fingerprint density at radius 2 is 1.35 bits per heavy atom. The van der Waals surface area contributed by atoms with Gasteiger partial charge in [-0.1, -0.05) is 78.4 Å². The topological polar surface area (TPSA) is 74.1 Å². The third-order valence-corrected chi connectivity index (χ3v) is 7.10. The first-order valence-electron chi connectivity index (χ1n) is 10.8. The quantitative estimate of drug-likeness (QED) is 0.308. The fourth-order valence-corrected chi connectivity index (χ4v) is 5.06. The summed E-state index contributed by atoms with van der Waals surface area (Å²) in [5, 5.41) is 13.2. The summed E-state index contributed by atoms with van der Waals surface area (Å²) in [6.07, 6.45) is 0. The number of aryl methyl sites for hydroxylation is 1. The highest BCUT2D eigenvalue weighted by atomic mass is 32.2. The van der Waals surface area contributed by atoms with Crippen molar-refractivity contribution in [2.45, 2.75) is 11.8 Å². The van der Waals surface area contributed by atoms with Gasteiger partial charge in [0.2, 0.25) is 0 Å². The molecule has 0 atom stereocenters. The van der Waals surface area contributed by atoms with Gasteiger partial charge in [0.1, 0.15) is 21.6 Å². The second-order valence-corrected chi connectivity index (χ2v) is 9.67. The lowest BCUT2D eigenvalue weighted by Gasteiger charge is -2.13. The van der Waals surface area contributed by atoms with Crippen molar-refractivity contribution in [1.29, 1.82) is 0 Å². The van der Waals surface area contributed by atoms with E-state index in [9.17, 15) is 8.42 Å². The highest BCUT2D eigenvalue weighted by Crippen LogP contribution is 2.34. The lowest BCUT2D eigenvalue weighted by atomic mass is 10.1. The van der Waals surface area contributed by atoms with Gasteiger partial charge in [-0.15, -0.1) is 15.0 Å². The Kier molecular flexibility index (Phi) is 4.60. The predicted molar refractivity (Wildman–Crippen MR) is 133 cm³/mol. The molecule has 0 saturated heterocycles. The van der Waals surface area contributed by atoms with Crippen LogP contribution in [0.1, 0.15) is 5.56 Å². The lowest BCUT2D eigenvalue weighted by molar-refractivity contribution is 0.483. The van der Waals surface area contributed by atoms with Gasteiger partial charge in [-0.2, -0.15) is 8.42 Å². The zero-order valence-corrected chi connectivity index (χ0v) is 19.0. The highest BCUT2D eigenvalue weighted by Gasteiger charge is 2.22. The molecule has 6 rings (SSSR count). The normalized spacial score (nSPS) is 11.9. The first-order chi connectivity index (χ1) is 16.5. The van der Waals surface area contributed by atoms with Gasteiger partial charge >= 0.3 is 10.1 Å². The number of benzene rings is 5. The molecule has 0 aliphatic carbocycles. The van der Waals surface area contributed by atoms with Crippen LogP contribution in [0.3, 0.4) is 0 Å². The molecule has 0 spiro atoms. The van der Waals surface area contributed by atoms with E-state index in [2.05, 4.69) is 5.10 Å². The van der Waals surface area contributed by atoms with Crippen molar-refractivity contribution in [2.75, 3.05) is 0 Å². The Bertz CT molecular complexity index is 1810. The number of hydrogen-bond acceptors (Lipinski definition) is 5. The van der Waals surface area contributed by atoms with Gasteiger partial charge in [-0.05, 0) is 42.0 Å². The van der Waals surface area contributed by atoms with Gasteiger partial charge in [0.25, 0.3) is 0 Å². The molecular formula is C27H19N3O3S. The van der Waals surface area contributed by atoms with E-state index in [0.29, 0.717) is 11.2 Å². The van der Waals surface area contributed by atoms with Gasteiger partial charge < -0.3 is 4.18 Å². The van der Waals surface area contributed by atoms with Crippen LogP contribution >= 0.6 is 0 Å². The van der Waals surface area contributed by atoms with Gasteiger partial charge in [0.15, 0.2) is 5.75 Å². The summed E-state index contributed by atoms with van der Waals surface area (Å²) in [7, 11) is -4.06. The van der Waals surface area contributed by atoms with E-state index in [4.69, 9.17) is 9.28 Å². The molecule has 0 bridgehead atoms. The molecule has 1 heterocycles. The summed E-state index contributed by atoms with van der Waals surface area (Å²) in [4.78, 5) is 1.56. The van der Waals surface area contributed by atoms with Crippen molar-refractivity contribution >= 4 is 42.7 Å². The maximum Gasteiger partial charge on any atom is 0.339 e. The Balaban J connectivity index is 1.57. The third-order valence-electron chi connectivity index (χ3n) is 5.85. The number of aromatic nitrogens is 3. The van der Waals surface area contributed by atoms with E-state index in [1.165, 1.54) is 16.9 Å². The van der Waals surface area contributed by atoms with Crippen LogP contribution in [0.5, 0.6) is 5.75 Å². The van der Waals surface area contributed by atoms with Crippen molar-refractivity contribution in [3.63, 3.8) is 0 Å². The number of rotatable bonds is 4. The Morgan fingerprint density at radius 1 is 0.706 bits per heavy atom. The van der Waals surface area contributed by atoms with E-state index in [1.807, 2.05) is 73.7 Å². The summed E-state index contributed by atoms with van der Waals surface area (Å²) in [5.74, 6) is 0.156. The van der Waals surface area contributed by atoms with E-state index < -0.39 is 10.1 Å². The van der Waals surface area contributed by atoms with Gasteiger partial charge in [0.05, 0.1) is 0 Å². The second kappa shape index (κ2) is 7.67. The Labute approximate surface area is 196 Å². The average Bonchev–Trinajstić information content (AvgIpc) is 3.28. The molecule has 0 amide bonds. The van der Waals surface area contributed by atoms with Crippen molar-refractivity contribution in [2.24, 2.45) is 0 Å². The molecule has 5 aromatic carbocycles. The summed E-state index contributed by atoms with van der Waals surface area (Å²) in [6.45, 7) is 1.90. The van der Waals surface area contributed by atoms with Crippen molar-refractivity contribution < 1.29 is 12.6 Å². The number of nitrogens with zero attached hydrogens (tertiary/aromatic N) is 3. The van der Waals surface area contributed by atoms with Crippen LogP contribution in [0.25, 0.3) is 38.3 Å². The molecule has 7 heteroatoms. The van der Waals surface area contributed by atoms with Crippen LogP contribution in [0.15, 0.2) is 102 Å². The van der Waals surface area contributed by atoms with Gasteiger partial charge in [-0.25, -0.2) is 0 Å². The van der Waals surface area contributed by atoms with Crippen molar-refractivity contribution in [1.82, 2.24) is 15.0 Å². The van der Waals surface area contributed by atoms with Crippen LogP contribution in [0.2, 0.25) is 0 Å². The zero-order chi connectivity index (χ0) is 23.3. The molecule has 1 aromatic heterocycles. The van der Waals surface area contributed by atoms with Crippen LogP contribution in [-0.2, 0) is 10.1 Å². The third kappa shape index (κ3) is 3.38. The summed E-state index contributed by atoms with van der Waals surface area (Å²) in [6, 6.07) is 29.6. The van der Waals surface area contributed by atoms with Crippen LogP contribution in [-0.4, -0.2) is 23.4 Å². The molecule has 166 valence electrons. The molecule has 0 aliphatic rings. The molecule has 0 aliphatic heterocycles. The van der Waals surface area contributed by atoms with Gasteiger partial charge in [-0.3, -0.25) is 0 Å². The molecule has 6 nitrogen and oxygen atoms in total. The Morgan fingerprint density at radius 3 is 2.12 bits per heavy atom. The zero-order valence-electron chi connectivity index (χ0n) is 18.2. The largest absolute Gasteiger partial charge is 0.377 e. The predicted octanol–water partition coefficient (Wildman–Crippen LogP) is 5.80. The molecule has 0 radical (unpaired) electrons. The van der Waals surface area contributed by atoms with Crippen LogP contribution < -0.4 is 4.18 Å². The Hall–Kier alpha value is -4.23. The van der Waals surface area contributed by atoms with E-state index >= 15 is 0 Å². The maximum atomic E-state index is 13.1. The number of fused-ring (bicyclic) bond motifs is 4. The van der Waals surface area contributed by atoms with Gasteiger partial charge in [0, 0.05) is 10.8 Å². The SMILES string of the molecule is Cc1ccc(S(=O)(=O)Oc2ccc3ccccc3c2-n2nc3ccc4ccccc4c3n2)cc1. The standard InChI is InChI=1S/C27H19N3O3S/c1-18-10-14-21(15-11-18)34(31,32)33-25-17-13-20-7-3-5-9-23(20)27(25)30-28-24-16-12-19-6-2-4-8-22(19)26(24)29-30/h2-17H,1H3. The minimum Gasteiger partial charge on any atom is -0.377 e. The maximum absolute atomic E-state index is 13.1. The smallest absolute Gasteiger partial charge is 0.339 e. The summed E-state index contributed by atoms with van der Waals surface area (Å²) in [5.41, 5.74) is 2.87. The van der Waals surface area contributed by atoms with E-state index in [1.54, 1.807) is 18.2 Å². The molecular weight excluding hydrogens is 446 g/mol. The lowest BCUT2D eigenvalue weighted by Crippen LogP contribution is -2.12. The van der Waals surface area contributed by atoms with E-state index in [-0.39, 0.29) is 10.6 Å². The summed E-state index contributed by atoms with van der Waals surface area (Å²) < 4.78 is 31.9. The van der Waals surface area contributed by atoms with Crippen molar-refractivity contribution in [3.8, 4) is 11.4 Å². The first kappa shape index (κ1) is 20.4. The molecule has 0 unspecified atom stereocenters. The minimum atomic E-state index is -4.06. The average molecular weight is 466 g/mol. The molecule has 0 N–H and O–H groups in total. The molecule has 6 aromatic rings. The first-order valence-corrected chi connectivity index (χ1v) is 12.2. The minimum absolute atomic E-state index is 0.0850. The highest BCUT2D eigenvalue weighted by molar-refractivity contribution is 7.87. The monoisotopic (exact) mass is 465 g/mol. The second-order valence-electron chi connectivity index (χ2n) is 8.13. The fraction of sp³-hybridized carbons (Fsp3) is 0.0370. The number of hydrogen-bond donors (Lipinski definition) is 0. The van der Waals surface area contributed by atoms with Crippen LogP contribution in [0, 0.1) is 6.92 Å². The molecule has 0 fully saturated rings. The van der Waals surface area contributed by atoms with E-state index in [0.717, 1.165) is 32.6 Å². The molecule has 34 heavy (non-hydrogen) atoms. The summed E-state index contributed by atoms with van der Waals surface area (Å²) >= 11 is 0. The fourth-order valence-electron chi connectivity index (χ4n) is 4.13. The van der Waals surface area contributed by atoms with Crippen molar-refractivity contribution in [3.05, 3.63) is 103 Å². The van der Waals surface area contributed by atoms with Crippen LogP contribution in [0.4, 0.5) is 0 Å².